The second-order valence-corrected chi connectivity index (χ2v) is 4.21. The lowest BCUT2D eigenvalue weighted by Crippen LogP contribution is -2.26. The van der Waals surface area contributed by atoms with Crippen LogP contribution in [0, 0.1) is 0 Å². The van der Waals surface area contributed by atoms with Gasteiger partial charge in [0.15, 0.2) is 0 Å². The fraction of sp³-hybridized carbons (Fsp3) is 0.182. The van der Waals surface area contributed by atoms with Gasteiger partial charge < -0.3 is 5.32 Å². The molecule has 0 radical (unpaired) electrons. The van der Waals surface area contributed by atoms with Crippen molar-refractivity contribution in [1.29, 1.82) is 0 Å². The zero-order valence-electron chi connectivity index (χ0n) is 8.59. The largest absolute Gasteiger partial charge is 0.350 e. The second kappa shape index (κ2) is 5.37. The van der Waals surface area contributed by atoms with Gasteiger partial charge in [0, 0.05) is 17.6 Å². The number of rotatable bonds is 4. The van der Waals surface area contributed by atoms with Gasteiger partial charge in [0.05, 0.1) is 0 Å². The molecule has 1 amide bonds. The van der Waals surface area contributed by atoms with Crippen LogP contribution in [0.15, 0.2) is 36.1 Å². The van der Waals surface area contributed by atoms with Crippen LogP contribution in [-0.4, -0.2) is 22.4 Å². The summed E-state index contributed by atoms with van der Waals surface area (Å²) in [7, 11) is 0. The van der Waals surface area contributed by atoms with Crippen LogP contribution < -0.4 is 5.32 Å². The van der Waals surface area contributed by atoms with Gasteiger partial charge in [-0.1, -0.05) is 6.07 Å². The number of amides is 1. The highest BCUT2D eigenvalue weighted by molar-refractivity contribution is 7.09. The van der Waals surface area contributed by atoms with Gasteiger partial charge in [0.2, 0.25) is 0 Å². The molecule has 0 saturated heterocycles. The number of carbonyl (C=O) groups is 1. The molecule has 0 bridgehead atoms. The number of nitrogens with one attached hydrogen (secondary N) is 1. The van der Waals surface area contributed by atoms with Gasteiger partial charge in [0.25, 0.3) is 5.91 Å². The number of carbonyl (C=O) groups excluding carboxylic acids is 1. The van der Waals surface area contributed by atoms with Crippen molar-refractivity contribution in [3.05, 3.63) is 46.7 Å². The van der Waals surface area contributed by atoms with E-state index in [0.29, 0.717) is 12.2 Å². The average molecular weight is 233 g/mol. The summed E-state index contributed by atoms with van der Waals surface area (Å²) in [6, 6.07) is 5.66. The van der Waals surface area contributed by atoms with Crippen LogP contribution in [0.4, 0.5) is 0 Å². The van der Waals surface area contributed by atoms with Gasteiger partial charge in [-0.25, -0.2) is 9.97 Å². The first-order valence-corrected chi connectivity index (χ1v) is 5.81. The van der Waals surface area contributed by atoms with E-state index in [0.717, 1.165) is 6.42 Å². The summed E-state index contributed by atoms with van der Waals surface area (Å²) >= 11 is 1.69. The first-order chi connectivity index (χ1) is 7.86. The van der Waals surface area contributed by atoms with Crippen molar-refractivity contribution < 1.29 is 4.79 Å². The van der Waals surface area contributed by atoms with Crippen LogP contribution in [0.5, 0.6) is 0 Å². The Bertz CT molecular complexity index is 442. The quantitative estimate of drug-likeness (QED) is 0.871. The molecule has 1 N–H and O–H groups in total. The third-order valence-electron chi connectivity index (χ3n) is 2.05. The Labute approximate surface area is 97.4 Å². The van der Waals surface area contributed by atoms with E-state index in [4.69, 9.17) is 0 Å². The molecular formula is C11H11N3OS. The normalized spacial score (nSPS) is 10.0. The van der Waals surface area contributed by atoms with Gasteiger partial charge in [0.1, 0.15) is 12.0 Å². The monoisotopic (exact) mass is 233 g/mol. The van der Waals surface area contributed by atoms with E-state index in [1.54, 1.807) is 23.6 Å². The zero-order valence-corrected chi connectivity index (χ0v) is 9.41. The highest BCUT2D eigenvalue weighted by Gasteiger charge is 2.05. The van der Waals surface area contributed by atoms with Crippen molar-refractivity contribution in [3.8, 4) is 0 Å². The fourth-order valence-electron chi connectivity index (χ4n) is 1.27. The number of aromatic nitrogens is 2. The van der Waals surface area contributed by atoms with E-state index in [9.17, 15) is 4.79 Å². The highest BCUT2D eigenvalue weighted by atomic mass is 32.1. The second-order valence-electron chi connectivity index (χ2n) is 3.18. The van der Waals surface area contributed by atoms with Crippen molar-refractivity contribution in [2.75, 3.05) is 6.54 Å². The summed E-state index contributed by atoms with van der Waals surface area (Å²) in [4.78, 5) is 20.5. The maximum absolute atomic E-state index is 11.6. The third-order valence-corrected chi connectivity index (χ3v) is 2.99. The van der Waals surface area contributed by atoms with Crippen LogP contribution >= 0.6 is 11.3 Å². The summed E-state index contributed by atoms with van der Waals surface area (Å²) in [5, 5.41) is 4.84. The number of hydrogen-bond donors (Lipinski definition) is 1. The van der Waals surface area contributed by atoms with Crippen LogP contribution in [-0.2, 0) is 6.42 Å². The van der Waals surface area contributed by atoms with E-state index in [2.05, 4.69) is 21.4 Å². The molecule has 0 aliphatic carbocycles. The van der Waals surface area contributed by atoms with Crippen molar-refractivity contribution in [1.82, 2.24) is 15.3 Å². The van der Waals surface area contributed by atoms with Gasteiger partial charge >= 0.3 is 0 Å². The van der Waals surface area contributed by atoms with E-state index >= 15 is 0 Å². The van der Waals surface area contributed by atoms with E-state index in [1.165, 1.54) is 11.2 Å². The van der Waals surface area contributed by atoms with Crippen molar-refractivity contribution in [2.24, 2.45) is 0 Å². The van der Waals surface area contributed by atoms with Gasteiger partial charge in [-0.2, -0.15) is 0 Å². The number of hydrogen-bond acceptors (Lipinski definition) is 4. The predicted molar refractivity (Wildman–Crippen MR) is 62.4 cm³/mol. The smallest absolute Gasteiger partial charge is 0.270 e. The lowest BCUT2D eigenvalue weighted by atomic mass is 10.3. The van der Waals surface area contributed by atoms with E-state index < -0.39 is 0 Å². The number of nitrogens with zero attached hydrogens (tertiary/aromatic N) is 2. The summed E-state index contributed by atoms with van der Waals surface area (Å²) in [6.07, 6.45) is 3.78. The van der Waals surface area contributed by atoms with Crippen LogP contribution in [0.25, 0.3) is 0 Å². The minimum atomic E-state index is -0.154. The molecule has 4 nitrogen and oxygen atoms in total. The van der Waals surface area contributed by atoms with Gasteiger partial charge in [-0.15, -0.1) is 11.3 Å². The zero-order chi connectivity index (χ0) is 11.2. The standard InChI is InChI=1S/C11H11N3OS/c15-11(10-4-5-12-8-14-10)13-6-3-9-2-1-7-16-9/h1-2,4-5,7-8H,3,6H2,(H,13,15). The van der Waals surface area contributed by atoms with Crippen LogP contribution in [0.1, 0.15) is 15.4 Å². The SMILES string of the molecule is O=C(NCCc1cccs1)c1ccncn1. The lowest BCUT2D eigenvalue weighted by molar-refractivity contribution is 0.0949. The molecular weight excluding hydrogens is 222 g/mol. The van der Waals surface area contributed by atoms with Gasteiger partial charge in [-0.05, 0) is 23.9 Å². The first kappa shape index (κ1) is 10.8. The Balaban J connectivity index is 1.81. The maximum Gasteiger partial charge on any atom is 0.270 e. The Morgan fingerprint density at radius 3 is 3.06 bits per heavy atom. The Kier molecular flexibility index (Phi) is 3.61. The molecule has 0 fully saturated rings. The predicted octanol–water partition coefficient (Wildman–Crippen LogP) is 1.51. The van der Waals surface area contributed by atoms with Crippen molar-refractivity contribution in [2.45, 2.75) is 6.42 Å². The molecule has 16 heavy (non-hydrogen) atoms. The minimum absolute atomic E-state index is 0.154. The molecule has 0 aromatic carbocycles. The summed E-state index contributed by atoms with van der Waals surface area (Å²) in [6.45, 7) is 0.628. The molecule has 5 heteroatoms. The first-order valence-electron chi connectivity index (χ1n) is 4.93. The minimum Gasteiger partial charge on any atom is -0.350 e. The van der Waals surface area contributed by atoms with Gasteiger partial charge in [-0.3, -0.25) is 4.79 Å². The lowest BCUT2D eigenvalue weighted by Gasteiger charge is -2.02. The summed E-state index contributed by atoms with van der Waals surface area (Å²) in [5.74, 6) is -0.154. The number of thiophene rings is 1. The summed E-state index contributed by atoms with van der Waals surface area (Å²) < 4.78 is 0. The third kappa shape index (κ3) is 2.87. The molecule has 0 atom stereocenters. The molecule has 0 aliphatic rings. The van der Waals surface area contributed by atoms with E-state index in [-0.39, 0.29) is 5.91 Å². The highest BCUT2D eigenvalue weighted by Crippen LogP contribution is 2.08. The molecule has 0 spiro atoms. The Hall–Kier alpha value is -1.75. The topological polar surface area (TPSA) is 54.9 Å². The molecule has 2 rings (SSSR count). The molecule has 2 aromatic rings. The summed E-state index contributed by atoms with van der Waals surface area (Å²) in [5.41, 5.74) is 0.404. The molecule has 2 heterocycles. The molecule has 0 aliphatic heterocycles. The molecule has 0 saturated carbocycles. The molecule has 0 unspecified atom stereocenters. The van der Waals surface area contributed by atoms with Crippen LogP contribution in [0.2, 0.25) is 0 Å². The molecule has 2 aromatic heterocycles. The van der Waals surface area contributed by atoms with Crippen molar-refractivity contribution >= 4 is 17.2 Å². The molecule has 82 valence electrons. The average Bonchev–Trinajstić information content (AvgIpc) is 2.83. The van der Waals surface area contributed by atoms with Crippen molar-refractivity contribution in [3.63, 3.8) is 0 Å². The Morgan fingerprint density at radius 2 is 2.38 bits per heavy atom. The maximum atomic E-state index is 11.6. The fourth-order valence-corrected chi connectivity index (χ4v) is 1.98. The van der Waals surface area contributed by atoms with Crippen LogP contribution in [0.3, 0.4) is 0 Å². The van der Waals surface area contributed by atoms with E-state index in [1.807, 2.05) is 11.4 Å². The Morgan fingerprint density at radius 1 is 1.44 bits per heavy atom.